The van der Waals surface area contributed by atoms with E-state index in [-0.39, 0.29) is 35.6 Å². The van der Waals surface area contributed by atoms with Crippen molar-refractivity contribution in [3.05, 3.63) is 93.1 Å². The molecule has 0 aromatic heterocycles. The molecule has 0 spiro atoms. The molecule has 3 aliphatic carbocycles. The molecule has 6 rings (SSSR count). The van der Waals surface area contributed by atoms with Crippen molar-refractivity contribution in [2.75, 3.05) is 4.90 Å². The number of ketones is 2. The monoisotopic (exact) mass is 513 g/mol. The highest BCUT2D eigenvalue weighted by Crippen LogP contribution is 2.55. The van der Waals surface area contributed by atoms with E-state index in [2.05, 4.69) is 0 Å². The molecule has 0 saturated carbocycles. The van der Waals surface area contributed by atoms with Crippen molar-refractivity contribution in [1.29, 1.82) is 0 Å². The number of amides is 2. The fraction of sp³-hybridized carbons (Fsp3) is 0.267. The zero-order chi connectivity index (χ0) is 26.2. The molecule has 7 heteroatoms. The van der Waals surface area contributed by atoms with E-state index in [0.717, 1.165) is 11.1 Å². The molecule has 1 aliphatic heterocycles. The van der Waals surface area contributed by atoms with E-state index >= 15 is 0 Å². The van der Waals surface area contributed by atoms with Crippen molar-refractivity contribution in [1.82, 2.24) is 0 Å². The second kappa shape index (κ2) is 8.38. The summed E-state index contributed by atoms with van der Waals surface area (Å²) in [6.07, 6.45) is 3.90. The smallest absolute Gasteiger partial charge is 0.238 e. The number of carbonyl (C=O) groups excluding carboxylic acids is 4. The van der Waals surface area contributed by atoms with E-state index in [1.807, 2.05) is 19.1 Å². The van der Waals surface area contributed by atoms with Crippen LogP contribution in [0, 0.1) is 24.7 Å². The van der Waals surface area contributed by atoms with Gasteiger partial charge in [-0.2, -0.15) is 0 Å². The lowest BCUT2D eigenvalue weighted by Crippen LogP contribution is -2.39. The number of hydrogen-bond donors (Lipinski definition) is 1. The maximum absolute atomic E-state index is 13.9. The van der Waals surface area contributed by atoms with Crippen LogP contribution in [0.4, 0.5) is 5.69 Å². The number of imide groups is 1. The summed E-state index contributed by atoms with van der Waals surface area (Å²) in [6.45, 7) is 3.47. The van der Waals surface area contributed by atoms with Crippen molar-refractivity contribution in [3.8, 4) is 5.75 Å². The van der Waals surface area contributed by atoms with Gasteiger partial charge >= 0.3 is 0 Å². The molecule has 1 saturated heterocycles. The highest BCUT2D eigenvalue weighted by atomic mass is 35.5. The molecule has 4 aliphatic rings. The summed E-state index contributed by atoms with van der Waals surface area (Å²) < 4.78 is 0. The van der Waals surface area contributed by atoms with E-state index in [1.165, 1.54) is 11.0 Å². The van der Waals surface area contributed by atoms with Crippen LogP contribution < -0.4 is 4.90 Å². The van der Waals surface area contributed by atoms with Crippen molar-refractivity contribution < 1.29 is 24.3 Å². The SMILES string of the molecule is CC1=CC(=O)C2=C(CC3C(=CCC4C(=O)N(c5ccc(C)c(Cl)c5)C(=O)C43)C2c2cccc(O)c2)C1=O. The molecule has 1 heterocycles. The number of aryl methyl sites for hydroxylation is 1. The van der Waals surface area contributed by atoms with Crippen molar-refractivity contribution in [3.63, 3.8) is 0 Å². The first-order valence-corrected chi connectivity index (χ1v) is 12.7. The average molecular weight is 514 g/mol. The van der Waals surface area contributed by atoms with Crippen molar-refractivity contribution >= 4 is 40.7 Å². The van der Waals surface area contributed by atoms with E-state index in [0.29, 0.717) is 39.4 Å². The Bertz CT molecular complexity index is 1530. The number of phenols is 1. The van der Waals surface area contributed by atoms with Gasteiger partial charge in [-0.05, 0) is 74.1 Å². The maximum Gasteiger partial charge on any atom is 0.238 e. The molecule has 2 amide bonds. The topological polar surface area (TPSA) is 91.8 Å². The number of anilines is 1. The Morgan fingerprint density at radius 2 is 1.76 bits per heavy atom. The van der Waals surface area contributed by atoms with Gasteiger partial charge in [-0.1, -0.05) is 41.4 Å². The lowest BCUT2D eigenvalue weighted by atomic mass is 9.59. The number of carbonyl (C=O) groups is 4. The second-order valence-corrected chi connectivity index (χ2v) is 10.7. The van der Waals surface area contributed by atoms with Crippen molar-refractivity contribution in [2.45, 2.75) is 32.6 Å². The third kappa shape index (κ3) is 3.46. The standard InChI is InChI=1S/C30H24ClNO5/c1-14-6-7-17(12-23(14)31)32-29(36)20-9-8-19-21(26(20)30(32)37)13-22-27(24(34)10-15(2)28(22)35)25(19)16-4-3-5-18(33)11-16/h3-8,10-12,20-21,25-26,33H,9,13H2,1-2H3. The highest BCUT2D eigenvalue weighted by molar-refractivity contribution is 6.32. The third-order valence-corrected chi connectivity index (χ3v) is 8.59. The normalized spacial score (nSPS) is 27.1. The Hall–Kier alpha value is -3.77. The molecule has 2 aromatic rings. The Kier molecular flexibility index (Phi) is 5.35. The van der Waals surface area contributed by atoms with Crippen LogP contribution in [-0.4, -0.2) is 28.5 Å². The lowest BCUT2D eigenvalue weighted by Gasteiger charge is -2.42. The van der Waals surface area contributed by atoms with Gasteiger partial charge in [0.25, 0.3) is 0 Å². The Morgan fingerprint density at radius 3 is 2.49 bits per heavy atom. The van der Waals surface area contributed by atoms with Crippen LogP contribution in [0.2, 0.25) is 5.02 Å². The van der Waals surface area contributed by atoms with Gasteiger partial charge in [-0.25, -0.2) is 4.90 Å². The van der Waals surface area contributed by atoms with E-state index in [1.54, 1.807) is 43.3 Å². The van der Waals surface area contributed by atoms with Crippen LogP contribution in [-0.2, 0) is 19.2 Å². The molecule has 6 nitrogen and oxygen atoms in total. The Morgan fingerprint density at radius 1 is 0.973 bits per heavy atom. The molecule has 1 fully saturated rings. The minimum atomic E-state index is -0.657. The first kappa shape index (κ1) is 23.6. The van der Waals surface area contributed by atoms with Crippen LogP contribution in [0.25, 0.3) is 0 Å². The van der Waals surface area contributed by atoms with Gasteiger partial charge in [-0.3, -0.25) is 19.2 Å². The number of aromatic hydroxyl groups is 1. The molecular weight excluding hydrogens is 490 g/mol. The number of phenolic OH excluding ortho intramolecular Hbond substituents is 1. The number of halogens is 1. The largest absolute Gasteiger partial charge is 0.508 e. The summed E-state index contributed by atoms with van der Waals surface area (Å²) >= 11 is 6.31. The van der Waals surface area contributed by atoms with Gasteiger partial charge in [0.1, 0.15) is 5.75 Å². The number of hydrogen-bond acceptors (Lipinski definition) is 5. The molecule has 4 atom stereocenters. The Labute approximate surface area is 218 Å². The summed E-state index contributed by atoms with van der Waals surface area (Å²) in [4.78, 5) is 55.2. The Balaban J connectivity index is 1.48. The van der Waals surface area contributed by atoms with Crippen molar-refractivity contribution in [2.24, 2.45) is 17.8 Å². The summed E-state index contributed by atoms with van der Waals surface area (Å²) in [5, 5.41) is 10.7. The molecule has 37 heavy (non-hydrogen) atoms. The lowest BCUT2D eigenvalue weighted by molar-refractivity contribution is -0.123. The summed E-state index contributed by atoms with van der Waals surface area (Å²) in [6, 6.07) is 11.8. The number of Topliss-reactive ketones (excluding diaryl/α,β-unsaturated/α-hetero) is 1. The van der Waals surface area contributed by atoms with E-state index in [4.69, 9.17) is 11.6 Å². The van der Waals surface area contributed by atoms with Gasteiger partial charge in [0.2, 0.25) is 11.8 Å². The minimum absolute atomic E-state index is 0.0481. The first-order chi connectivity index (χ1) is 17.7. The molecule has 0 radical (unpaired) electrons. The summed E-state index contributed by atoms with van der Waals surface area (Å²) in [5.41, 5.74) is 3.97. The van der Waals surface area contributed by atoms with Gasteiger partial charge in [0.05, 0.1) is 17.5 Å². The van der Waals surface area contributed by atoms with Gasteiger partial charge in [0.15, 0.2) is 11.6 Å². The highest BCUT2D eigenvalue weighted by Gasteiger charge is 2.56. The van der Waals surface area contributed by atoms with Crippen LogP contribution >= 0.6 is 11.6 Å². The zero-order valence-corrected chi connectivity index (χ0v) is 21.1. The molecule has 4 unspecified atom stereocenters. The van der Waals surface area contributed by atoms with E-state index in [9.17, 15) is 24.3 Å². The quantitative estimate of drug-likeness (QED) is 0.347. The predicted molar refractivity (Wildman–Crippen MR) is 138 cm³/mol. The van der Waals surface area contributed by atoms with Crippen LogP contribution in [0.15, 0.2) is 76.9 Å². The fourth-order valence-electron chi connectivity index (χ4n) is 6.44. The minimum Gasteiger partial charge on any atom is -0.508 e. The molecular formula is C30H24ClNO5. The summed E-state index contributed by atoms with van der Waals surface area (Å²) in [5.74, 6) is -3.19. The van der Waals surface area contributed by atoms with E-state index < -0.39 is 23.7 Å². The number of fused-ring (bicyclic) bond motifs is 3. The number of benzene rings is 2. The van der Waals surface area contributed by atoms with Gasteiger partial charge in [-0.15, -0.1) is 0 Å². The number of allylic oxidation sites excluding steroid dienone is 6. The average Bonchev–Trinajstić information content (AvgIpc) is 3.13. The van der Waals surface area contributed by atoms with Gasteiger partial charge in [0, 0.05) is 27.7 Å². The van der Waals surface area contributed by atoms with Gasteiger partial charge < -0.3 is 5.11 Å². The fourth-order valence-corrected chi connectivity index (χ4v) is 6.62. The number of nitrogens with zero attached hydrogens (tertiary/aromatic N) is 1. The first-order valence-electron chi connectivity index (χ1n) is 12.3. The van der Waals surface area contributed by atoms with Crippen LogP contribution in [0.5, 0.6) is 5.75 Å². The summed E-state index contributed by atoms with van der Waals surface area (Å²) in [7, 11) is 0. The maximum atomic E-state index is 13.9. The molecule has 1 N–H and O–H groups in total. The molecule has 0 bridgehead atoms. The zero-order valence-electron chi connectivity index (χ0n) is 20.3. The van der Waals surface area contributed by atoms with Crippen LogP contribution in [0.3, 0.4) is 0 Å². The second-order valence-electron chi connectivity index (χ2n) is 10.3. The molecule has 186 valence electrons. The number of rotatable bonds is 2. The molecule has 2 aromatic carbocycles. The third-order valence-electron chi connectivity index (χ3n) is 8.18. The van der Waals surface area contributed by atoms with Crippen LogP contribution in [0.1, 0.15) is 36.8 Å². The predicted octanol–water partition coefficient (Wildman–Crippen LogP) is 4.99.